The lowest BCUT2D eigenvalue weighted by Crippen LogP contribution is -2.41. The fourth-order valence-electron chi connectivity index (χ4n) is 3.41. The van der Waals surface area contributed by atoms with Crippen molar-refractivity contribution in [1.82, 2.24) is 10.2 Å². The summed E-state index contributed by atoms with van der Waals surface area (Å²) in [5.74, 6) is -1.81. The third-order valence-corrected chi connectivity index (χ3v) is 4.95. The first-order valence-corrected chi connectivity index (χ1v) is 9.12. The fraction of sp³-hybridized carbons (Fsp3) is 0.350. The van der Waals surface area contributed by atoms with Gasteiger partial charge in [0.2, 0.25) is 5.78 Å². The molecular weight excluding hydrogens is 390 g/mol. The Morgan fingerprint density at radius 1 is 1.13 bits per heavy atom. The van der Waals surface area contributed by atoms with Crippen LogP contribution in [0.5, 0.6) is 0 Å². The molecule has 2 aliphatic heterocycles. The maximum Gasteiger partial charge on any atom is 0.326 e. The van der Waals surface area contributed by atoms with Crippen LogP contribution in [0.25, 0.3) is 0 Å². The summed E-state index contributed by atoms with van der Waals surface area (Å²) in [6.07, 6.45) is 0. The minimum Gasteiger partial charge on any atom is -0.456 e. The molecule has 3 amide bonds. The number of nitriles is 1. The molecule has 0 unspecified atom stereocenters. The average molecular weight is 411 g/mol. The van der Waals surface area contributed by atoms with Crippen LogP contribution in [0.1, 0.15) is 13.8 Å². The number of nitrogens with one attached hydrogen (secondary N) is 1. The van der Waals surface area contributed by atoms with Crippen LogP contribution in [0, 0.1) is 11.3 Å². The summed E-state index contributed by atoms with van der Waals surface area (Å²) in [4.78, 5) is 52.8. The van der Waals surface area contributed by atoms with E-state index in [1.807, 2.05) is 30.3 Å². The van der Waals surface area contributed by atoms with Crippen LogP contribution < -0.4 is 15.1 Å². The van der Waals surface area contributed by atoms with Crippen molar-refractivity contribution in [3.8, 4) is 6.07 Å². The number of hydrogen-bond acceptors (Lipinski definition) is 8. The van der Waals surface area contributed by atoms with Gasteiger partial charge in [0.15, 0.2) is 6.61 Å². The molecule has 0 radical (unpaired) electrons. The molecule has 10 heteroatoms. The standard InChI is InChI=1S/C20H21N5O5/c1-20(2)18(28)25(19(29)22-20)10-16(27)30-11-15(26)12(9-21)17-23(3)13-7-5-6-8-14(13)24(17)4/h5-8H,10-11H2,1-4H3,(H,22,29). The molecule has 30 heavy (non-hydrogen) atoms. The highest BCUT2D eigenvalue weighted by Crippen LogP contribution is 2.40. The minimum atomic E-state index is -1.11. The maximum atomic E-state index is 12.6. The van der Waals surface area contributed by atoms with Crippen LogP contribution >= 0.6 is 0 Å². The summed E-state index contributed by atoms with van der Waals surface area (Å²) in [6.45, 7) is 1.72. The Morgan fingerprint density at radius 3 is 2.17 bits per heavy atom. The molecule has 0 aliphatic carbocycles. The zero-order valence-corrected chi connectivity index (χ0v) is 17.1. The molecule has 1 aromatic carbocycles. The molecule has 0 aromatic heterocycles. The van der Waals surface area contributed by atoms with Crippen LogP contribution in [0.15, 0.2) is 35.7 Å². The zero-order valence-electron chi connectivity index (χ0n) is 17.1. The summed E-state index contributed by atoms with van der Waals surface area (Å²) >= 11 is 0. The van der Waals surface area contributed by atoms with Crippen LogP contribution in [0.4, 0.5) is 16.2 Å². The number of amides is 3. The first-order valence-electron chi connectivity index (χ1n) is 9.12. The Hall–Kier alpha value is -3.87. The van der Waals surface area contributed by atoms with Crippen LogP contribution in [-0.2, 0) is 19.1 Å². The molecule has 0 saturated carbocycles. The topological polar surface area (TPSA) is 123 Å². The van der Waals surface area contributed by atoms with E-state index in [9.17, 15) is 24.4 Å². The largest absolute Gasteiger partial charge is 0.456 e. The molecule has 10 nitrogen and oxygen atoms in total. The molecule has 2 aliphatic rings. The van der Waals surface area contributed by atoms with E-state index in [4.69, 9.17) is 4.74 Å². The third kappa shape index (κ3) is 3.45. The van der Waals surface area contributed by atoms with Crippen LogP contribution in [-0.4, -0.2) is 61.4 Å². The summed E-state index contributed by atoms with van der Waals surface area (Å²) in [7, 11) is 3.46. The van der Waals surface area contributed by atoms with Crippen molar-refractivity contribution >= 4 is 35.1 Å². The van der Waals surface area contributed by atoms with E-state index in [1.54, 1.807) is 23.9 Å². The normalized spacial score (nSPS) is 16.9. The Kier molecular flexibility index (Phi) is 5.22. The van der Waals surface area contributed by atoms with Gasteiger partial charge < -0.3 is 19.9 Å². The third-order valence-electron chi connectivity index (χ3n) is 4.95. The Labute approximate surface area is 173 Å². The summed E-state index contributed by atoms with van der Waals surface area (Å²) in [5, 5.41) is 12.0. The molecule has 156 valence electrons. The average Bonchev–Trinajstić information content (AvgIpc) is 3.06. The van der Waals surface area contributed by atoms with E-state index in [1.165, 1.54) is 13.8 Å². The van der Waals surface area contributed by atoms with E-state index in [0.717, 1.165) is 16.3 Å². The first-order chi connectivity index (χ1) is 14.1. The van der Waals surface area contributed by atoms with Gasteiger partial charge in [0.1, 0.15) is 29.5 Å². The number of ether oxygens (including phenoxy) is 1. The fourth-order valence-corrected chi connectivity index (χ4v) is 3.41. The quantitative estimate of drug-likeness (QED) is 0.326. The number of ketones is 1. The molecule has 0 atom stereocenters. The molecule has 3 rings (SSSR count). The molecule has 0 spiro atoms. The monoisotopic (exact) mass is 411 g/mol. The van der Waals surface area contributed by atoms with Gasteiger partial charge in [-0.15, -0.1) is 0 Å². The van der Waals surface area contributed by atoms with E-state index in [2.05, 4.69) is 5.32 Å². The molecule has 1 saturated heterocycles. The van der Waals surface area contributed by atoms with Gasteiger partial charge >= 0.3 is 12.0 Å². The van der Waals surface area contributed by atoms with E-state index < -0.39 is 42.4 Å². The highest BCUT2D eigenvalue weighted by molar-refractivity contribution is 6.08. The molecule has 2 heterocycles. The molecule has 1 aromatic rings. The van der Waals surface area contributed by atoms with Crippen molar-refractivity contribution in [2.24, 2.45) is 0 Å². The minimum absolute atomic E-state index is 0.167. The second-order valence-electron chi connectivity index (χ2n) is 7.45. The molecule has 0 bridgehead atoms. The number of fused-ring (bicyclic) bond motifs is 1. The Bertz CT molecular complexity index is 992. The summed E-state index contributed by atoms with van der Waals surface area (Å²) in [5.41, 5.74) is 0.376. The highest BCUT2D eigenvalue weighted by Gasteiger charge is 2.45. The lowest BCUT2D eigenvalue weighted by molar-refractivity contribution is -0.149. The van der Waals surface area contributed by atoms with Crippen molar-refractivity contribution in [3.05, 3.63) is 35.7 Å². The summed E-state index contributed by atoms with van der Waals surface area (Å²) < 4.78 is 4.94. The first kappa shape index (κ1) is 20.9. The van der Waals surface area contributed by atoms with E-state index in [-0.39, 0.29) is 5.57 Å². The Morgan fingerprint density at radius 2 is 1.70 bits per heavy atom. The van der Waals surface area contributed by atoms with Gasteiger partial charge in [-0.2, -0.15) is 5.26 Å². The molecule has 1 N–H and O–H groups in total. The number of nitrogens with zero attached hydrogens (tertiary/aromatic N) is 4. The number of esters is 1. The molecule has 1 fully saturated rings. The summed E-state index contributed by atoms with van der Waals surface area (Å²) in [6, 6.07) is 8.59. The second-order valence-corrected chi connectivity index (χ2v) is 7.45. The van der Waals surface area contributed by atoms with Crippen molar-refractivity contribution in [1.29, 1.82) is 5.26 Å². The van der Waals surface area contributed by atoms with Crippen molar-refractivity contribution in [3.63, 3.8) is 0 Å². The number of imide groups is 1. The lowest BCUT2D eigenvalue weighted by Gasteiger charge is -2.20. The number of Topliss-reactive ketones (excluding diaryl/α,β-unsaturated/α-hetero) is 1. The zero-order chi connectivity index (χ0) is 22.2. The van der Waals surface area contributed by atoms with Gasteiger partial charge in [-0.05, 0) is 26.0 Å². The number of carbonyl (C=O) groups is 4. The number of rotatable bonds is 5. The van der Waals surface area contributed by atoms with Gasteiger partial charge in [0, 0.05) is 14.1 Å². The highest BCUT2D eigenvalue weighted by atomic mass is 16.5. The maximum absolute atomic E-state index is 12.6. The number of benzene rings is 1. The van der Waals surface area contributed by atoms with Crippen LogP contribution in [0.3, 0.4) is 0 Å². The van der Waals surface area contributed by atoms with Crippen molar-refractivity contribution < 1.29 is 23.9 Å². The predicted molar refractivity (Wildman–Crippen MR) is 106 cm³/mol. The number of para-hydroxylation sites is 2. The second kappa shape index (κ2) is 7.51. The smallest absolute Gasteiger partial charge is 0.326 e. The number of urea groups is 1. The van der Waals surface area contributed by atoms with Crippen LogP contribution in [0.2, 0.25) is 0 Å². The SMILES string of the molecule is CN1C(=C(C#N)C(=O)COC(=O)CN2C(=O)NC(C)(C)C2=O)N(C)c2ccccc21. The Balaban J connectivity index is 1.69. The van der Waals surface area contributed by atoms with Gasteiger partial charge in [-0.25, -0.2) is 4.79 Å². The van der Waals surface area contributed by atoms with E-state index in [0.29, 0.717) is 5.82 Å². The predicted octanol–water partition coefficient (Wildman–Crippen LogP) is 0.750. The lowest BCUT2D eigenvalue weighted by atomic mass is 10.1. The number of anilines is 2. The van der Waals surface area contributed by atoms with Crippen molar-refractivity contribution in [2.45, 2.75) is 19.4 Å². The number of carbonyl (C=O) groups excluding carboxylic acids is 4. The van der Waals surface area contributed by atoms with Gasteiger partial charge in [-0.3, -0.25) is 19.3 Å². The number of hydrogen-bond donors (Lipinski definition) is 1. The van der Waals surface area contributed by atoms with Gasteiger partial charge in [0.25, 0.3) is 5.91 Å². The molecular formula is C20H21N5O5. The van der Waals surface area contributed by atoms with Crippen molar-refractivity contribution in [2.75, 3.05) is 37.0 Å². The van der Waals surface area contributed by atoms with Gasteiger partial charge in [-0.1, -0.05) is 12.1 Å². The van der Waals surface area contributed by atoms with E-state index >= 15 is 0 Å². The van der Waals surface area contributed by atoms with Gasteiger partial charge in [0.05, 0.1) is 11.4 Å².